The molecule has 0 saturated heterocycles. The quantitative estimate of drug-likeness (QED) is 0.308. The van der Waals surface area contributed by atoms with Crippen molar-refractivity contribution in [2.75, 3.05) is 22.9 Å². The van der Waals surface area contributed by atoms with Crippen LogP contribution in [0.15, 0.2) is 30.3 Å². The molecule has 0 bridgehead atoms. The molecule has 0 spiro atoms. The number of nitrogen functional groups attached to an aromatic ring is 4. The number of hydrogen-bond acceptors (Lipinski definition) is 6. The normalized spacial score (nSPS) is 10.3. The van der Waals surface area contributed by atoms with E-state index in [4.69, 9.17) is 22.9 Å². The maximum absolute atomic E-state index is 12.2. The first-order chi connectivity index (χ1) is 8.91. The van der Waals surface area contributed by atoms with E-state index in [1.807, 2.05) is 0 Å². The second-order valence-electron chi connectivity index (χ2n) is 4.14. The van der Waals surface area contributed by atoms with Crippen LogP contribution in [0, 0.1) is 0 Å². The first-order valence-corrected chi connectivity index (χ1v) is 5.48. The van der Waals surface area contributed by atoms with Gasteiger partial charge in [0.1, 0.15) is 0 Å². The molecule has 0 aliphatic rings. The summed E-state index contributed by atoms with van der Waals surface area (Å²) in [6.45, 7) is 0. The summed E-state index contributed by atoms with van der Waals surface area (Å²) < 4.78 is 0. The molecule has 2 aromatic carbocycles. The molecule has 0 atom stereocenters. The molecule has 0 saturated carbocycles. The van der Waals surface area contributed by atoms with Gasteiger partial charge in [0.2, 0.25) is 0 Å². The number of ketones is 1. The minimum absolute atomic E-state index is 0.0192. The fourth-order valence-electron chi connectivity index (χ4n) is 1.68. The van der Waals surface area contributed by atoms with Crippen LogP contribution in [0.25, 0.3) is 0 Å². The van der Waals surface area contributed by atoms with Crippen molar-refractivity contribution in [2.45, 2.75) is 0 Å². The number of rotatable bonds is 2. The van der Waals surface area contributed by atoms with Crippen molar-refractivity contribution >= 4 is 28.5 Å². The zero-order valence-corrected chi connectivity index (χ0v) is 10.1. The average molecular weight is 258 g/mol. The Labute approximate surface area is 109 Å². The molecule has 2 rings (SSSR count). The summed E-state index contributed by atoms with van der Waals surface area (Å²) in [5, 5.41) is 9.85. The lowest BCUT2D eigenvalue weighted by molar-refractivity contribution is 0.103. The standard InChI is InChI=1S/C13H14N4O2/c14-8-3-1-6(5-10(8)16)12(18)7-2-4-9(15)11(17)13(7)19/h1-5,19H,14-17H2. The number of aromatic hydroxyl groups is 1. The first-order valence-electron chi connectivity index (χ1n) is 5.48. The van der Waals surface area contributed by atoms with Gasteiger partial charge in [-0.1, -0.05) is 0 Å². The summed E-state index contributed by atoms with van der Waals surface area (Å²) >= 11 is 0. The van der Waals surface area contributed by atoms with Crippen molar-refractivity contribution in [2.24, 2.45) is 0 Å². The lowest BCUT2D eigenvalue weighted by Crippen LogP contribution is -2.06. The molecule has 6 heteroatoms. The van der Waals surface area contributed by atoms with Crippen LogP contribution in [0.5, 0.6) is 5.75 Å². The van der Waals surface area contributed by atoms with Crippen LogP contribution in [-0.4, -0.2) is 10.9 Å². The van der Waals surface area contributed by atoms with Crippen molar-refractivity contribution in [1.29, 1.82) is 0 Å². The van der Waals surface area contributed by atoms with E-state index in [1.165, 1.54) is 30.3 Å². The molecule has 19 heavy (non-hydrogen) atoms. The Morgan fingerprint density at radius 3 is 2.16 bits per heavy atom. The molecule has 0 fully saturated rings. The Kier molecular flexibility index (Phi) is 2.92. The maximum atomic E-state index is 12.2. The number of carbonyl (C=O) groups is 1. The van der Waals surface area contributed by atoms with Gasteiger partial charge in [-0.3, -0.25) is 4.79 Å². The summed E-state index contributed by atoms with van der Waals surface area (Å²) in [5.74, 6) is -0.740. The highest BCUT2D eigenvalue weighted by Crippen LogP contribution is 2.32. The van der Waals surface area contributed by atoms with Gasteiger partial charge in [-0.15, -0.1) is 0 Å². The van der Waals surface area contributed by atoms with E-state index in [2.05, 4.69) is 0 Å². The third-order valence-electron chi connectivity index (χ3n) is 2.84. The van der Waals surface area contributed by atoms with E-state index in [1.54, 1.807) is 0 Å². The number of carbonyl (C=O) groups excluding carboxylic acids is 1. The monoisotopic (exact) mass is 258 g/mol. The van der Waals surface area contributed by atoms with Crippen molar-refractivity contribution in [3.8, 4) is 5.75 Å². The number of anilines is 4. The molecule has 0 aromatic heterocycles. The van der Waals surface area contributed by atoms with Gasteiger partial charge in [0.15, 0.2) is 11.5 Å². The third kappa shape index (κ3) is 2.11. The minimum atomic E-state index is -0.407. The van der Waals surface area contributed by atoms with E-state index < -0.39 is 5.78 Å². The van der Waals surface area contributed by atoms with E-state index in [0.29, 0.717) is 16.9 Å². The largest absolute Gasteiger partial charge is 0.505 e. The first kappa shape index (κ1) is 12.6. The molecular formula is C13H14N4O2. The fourth-order valence-corrected chi connectivity index (χ4v) is 1.68. The molecule has 0 radical (unpaired) electrons. The summed E-state index contributed by atoms with van der Waals surface area (Å²) in [6, 6.07) is 7.38. The molecular weight excluding hydrogens is 244 g/mol. The highest BCUT2D eigenvalue weighted by Gasteiger charge is 2.17. The van der Waals surface area contributed by atoms with Gasteiger partial charge in [0.05, 0.1) is 28.3 Å². The van der Waals surface area contributed by atoms with Crippen LogP contribution >= 0.6 is 0 Å². The molecule has 0 unspecified atom stereocenters. The van der Waals surface area contributed by atoms with Crippen molar-refractivity contribution in [3.05, 3.63) is 41.5 Å². The molecule has 2 aromatic rings. The van der Waals surface area contributed by atoms with E-state index >= 15 is 0 Å². The second-order valence-corrected chi connectivity index (χ2v) is 4.14. The number of phenols is 1. The van der Waals surface area contributed by atoms with Crippen molar-refractivity contribution in [3.63, 3.8) is 0 Å². The Morgan fingerprint density at radius 2 is 1.53 bits per heavy atom. The van der Waals surface area contributed by atoms with E-state index in [-0.39, 0.29) is 22.7 Å². The molecule has 0 aliphatic heterocycles. The predicted molar refractivity (Wildman–Crippen MR) is 75.6 cm³/mol. The van der Waals surface area contributed by atoms with Gasteiger partial charge in [-0.05, 0) is 30.3 Å². The van der Waals surface area contributed by atoms with E-state index in [0.717, 1.165) is 0 Å². The predicted octanol–water partition coefficient (Wildman–Crippen LogP) is 0.952. The van der Waals surface area contributed by atoms with Gasteiger partial charge >= 0.3 is 0 Å². The summed E-state index contributed by atoms with van der Waals surface area (Å²) in [6.07, 6.45) is 0. The Balaban J connectivity index is 2.50. The number of phenolic OH excluding ortho intramolecular Hbond substituents is 1. The molecule has 98 valence electrons. The summed E-state index contributed by atoms with van der Waals surface area (Å²) in [7, 11) is 0. The highest BCUT2D eigenvalue weighted by atomic mass is 16.3. The van der Waals surface area contributed by atoms with Crippen molar-refractivity contribution in [1.82, 2.24) is 0 Å². The molecule has 0 heterocycles. The van der Waals surface area contributed by atoms with E-state index in [9.17, 15) is 9.90 Å². The molecule has 9 N–H and O–H groups in total. The topological polar surface area (TPSA) is 141 Å². The minimum Gasteiger partial charge on any atom is -0.505 e. The second kappa shape index (κ2) is 4.41. The van der Waals surface area contributed by atoms with Gasteiger partial charge < -0.3 is 28.0 Å². The van der Waals surface area contributed by atoms with Gasteiger partial charge in [-0.25, -0.2) is 0 Å². The third-order valence-corrected chi connectivity index (χ3v) is 2.84. The molecule has 0 amide bonds. The van der Waals surface area contributed by atoms with Crippen LogP contribution in [0.3, 0.4) is 0 Å². The van der Waals surface area contributed by atoms with Gasteiger partial charge in [0.25, 0.3) is 0 Å². The van der Waals surface area contributed by atoms with Crippen LogP contribution in [0.4, 0.5) is 22.7 Å². The lowest BCUT2D eigenvalue weighted by atomic mass is 10.0. The number of benzene rings is 2. The molecule has 0 aliphatic carbocycles. The summed E-state index contributed by atoms with van der Waals surface area (Å²) in [5.41, 5.74) is 23.6. The average Bonchev–Trinajstić information content (AvgIpc) is 2.39. The van der Waals surface area contributed by atoms with Crippen LogP contribution in [0.1, 0.15) is 15.9 Å². The Morgan fingerprint density at radius 1 is 0.895 bits per heavy atom. The lowest BCUT2D eigenvalue weighted by Gasteiger charge is -2.09. The van der Waals surface area contributed by atoms with Crippen LogP contribution in [0.2, 0.25) is 0 Å². The summed E-state index contributed by atoms with van der Waals surface area (Å²) in [4.78, 5) is 12.2. The maximum Gasteiger partial charge on any atom is 0.196 e. The zero-order valence-electron chi connectivity index (χ0n) is 10.1. The number of hydrogen-bond donors (Lipinski definition) is 5. The fraction of sp³-hybridized carbons (Fsp3) is 0. The van der Waals surface area contributed by atoms with Crippen LogP contribution < -0.4 is 22.9 Å². The number of nitrogens with two attached hydrogens (primary N) is 4. The smallest absolute Gasteiger partial charge is 0.196 e. The van der Waals surface area contributed by atoms with Crippen molar-refractivity contribution < 1.29 is 9.90 Å². The Bertz CT molecular complexity index is 668. The van der Waals surface area contributed by atoms with Crippen LogP contribution in [-0.2, 0) is 0 Å². The zero-order chi connectivity index (χ0) is 14.2. The Hall–Kier alpha value is -2.89. The van der Waals surface area contributed by atoms with Gasteiger partial charge in [-0.2, -0.15) is 0 Å². The van der Waals surface area contributed by atoms with Gasteiger partial charge in [0, 0.05) is 5.56 Å². The SMILES string of the molecule is Nc1ccc(C(=O)c2ccc(N)c(N)c2O)cc1N. The highest BCUT2D eigenvalue weighted by molar-refractivity contribution is 6.12. The molecule has 6 nitrogen and oxygen atoms in total.